The highest BCUT2D eigenvalue weighted by Crippen LogP contribution is 2.45. The number of para-hydroxylation sites is 2. The topological polar surface area (TPSA) is 73.7 Å². The molecule has 3 aromatic rings. The normalized spacial score (nSPS) is 14.7. The van der Waals surface area contributed by atoms with Gasteiger partial charge in [0.15, 0.2) is 0 Å². The van der Waals surface area contributed by atoms with Gasteiger partial charge in [0.25, 0.3) is 0 Å². The van der Waals surface area contributed by atoms with Crippen LogP contribution in [-0.2, 0) is 25.7 Å². The van der Waals surface area contributed by atoms with Gasteiger partial charge in [0.1, 0.15) is 12.5 Å². The van der Waals surface area contributed by atoms with Crippen LogP contribution in [-0.4, -0.2) is 40.6 Å². The van der Waals surface area contributed by atoms with Gasteiger partial charge in [-0.15, -0.1) is 0 Å². The number of benzene rings is 2. The molecule has 0 unspecified atom stereocenters. The van der Waals surface area contributed by atoms with E-state index in [4.69, 9.17) is 21.1 Å². The number of methoxy groups -OCH3 is 2. The minimum atomic E-state index is -0.731. The number of imidazole rings is 1. The Labute approximate surface area is 203 Å². The van der Waals surface area contributed by atoms with E-state index in [0.29, 0.717) is 39.8 Å². The third-order valence-corrected chi connectivity index (χ3v) is 6.67. The third-order valence-electron chi connectivity index (χ3n) is 6.32. The lowest BCUT2D eigenvalue weighted by Gasteiger charge is -2.38. The van der Waals surface area contributed by atoms with E-state index < -0.39 is 17.9 Å². The fourth-order valence-electron chi connectivity index (χ4n) is 4.60. The third kappa shape index (κ3) is 3.86. The molecule has 34 heavy (non-hydrogen) atoms. The first-order valence-corrected chi connectivity index (χ1v) is 11.2. The Morgan fingerprint density at radius 1 is 0.912 bits per heavy atom. The molecule has 176 valence electrons. The average molecular weight is 480 g/mol. The lowest BCUT2D eigenvalue weighted by molar-refractivity contribution is -0.137. The summed E-state index contributed by atoms with van der Waals surface area (Å²) in [6.07, 6.45) is 0. The van der Waals surface area contributed by atoms with E-state index in [-0.39, 0.29) is 0 Å². The van der Waals surface area contributed by atoms with Gasteiger partial charge < -0.3 is 18.9 Å². The monoisotopic (exact) mass is 479 g/mol. The standard InChI is InChI=1S/C26H26ClN3O4/c1-15-22(25(31)33-4)24(18-10-6-7-11-19(18)27)23(26(32)34-5)16(2)29(15)14-30-17(3)28-20-12-8-9-13-21(20)30/h6-13,24H,14H2,1-5H3. The van der Waals surface area contributed by atoms with E-state index in [9.17, 15) is 9.59 Å². The summed E-state index contributed by atoms with van der Waals surface area (Å²) in [5, 5.41) is 0.445. The second-order valence-electron chi connectivity index (χ2n) is 8.08. The van der Waals surface area contributed by atoms with Crippen LogP contribution in [0, 0.1) is 6.92 Å². The van der Waals surface area contributed by atoms with Crippen LogP contribution in [0.4, 0.5) is 0 Å². The highest BCUT2D eigenvalue weighted by Gasteiger charge is 2.41. The lowest BCUT2D eigenvalue weighted by Crippen LogP contribution is -2.36. The number of carbonyl (C=O) groups is 2. The van der Waals surface area contributed by atoms with Gasteiger partial charge in [-0.2, -0.15) is 0 Å². The maximum Gasteiger partial charge on any atom is 0.336 e. The molecule has 1 aliphatic rings. The fourth-order valence-corrected chi connectivity index (χ4v) is 4.85. The molecular formula is C26H26ClN3O4. The number of nitrogens with zero attached hydrogens (tertiary/aromatic N) is 3. The molecule has 0 aliphatic carbocycles. The number of ether oxygens (including phenoxy) is 2. The van der Waals surface area contributed by atoms with Crippen molar-refractivity contribution in [2.75, 3.05) is 14.2 Å². The van der Waals surface area contributed by atoms with Crippen LogP contribution >= 0.6 is 11.6 Å². The molecule has 0 saturated carbocycles. The number of hydrogen-bond donors (Lipinski definition) is 0. The molecule has 7 nitrogen and oxygen atoms in total. The zero-order valence-electron chi connectivity index (χ0n) is 19.8. The van der Waals surface area contributed by atoms with E-state index in [0.717, 1.165) is 16.9 Å². The van der Waals surface area contributed by atoms with E-state index in [1.165, 1.54) is 14.2 Å². The van der Waals surface area contributed by atoms with Crippen molar-refractivity contribution in [3.8, 4) is 0 Å². The van der Waals surface area contributed by atoms with Crippen molar-refractivity contribution in [3.63, 3.8) is 0 Å². The minimum Gasteiger partial charge on any atom is -0.466 e. The zero-order chi connectivity index (χ0) is 24.6. The molecule has 2 aromatic carbocycles. The highest BCUT2D eigenvalue weighted by atomic mass is 35.5. The highest BCUT2D eigenvalue weighted by molar-refractivity contribution is 6.31. The van der Waals surface area contributed by atoms with Gasteiger partial charge in [-0.3, -0.25) is 0 Å². The van der Waals surface area contributed by atoms with Crippen molar-refractivity contribution in [2.45, 2.75) is 33.4 Å². The van der Waals surface area contributed by atoms with Crippen molar-refractivity contribution < 1.29 is 19.1 Å². The van der Waals surface area contributed by atoms with Gasteiger partial charge in [-0.1, -0.05) is 41.9 Å². The summed E-state index contributed by atoms with van der Waals surface area (Å²) in [7, 11) is 2.65. The maximum atomic E-state index is 13.1. The second kappa shape index (κ2) is 9.35. The first kappa shape index (κ1) is 23.6. The molecule has 0 spiro atoms. The minimum absolute atomic E-state index is 0.337. The summed E-state index contributed by atoms with van der Waals surface area (Å²) < 4.78 is 12.4. The Hall–Kier alpha value is -3.58. The molecule has 8 heteroatoms. The number of esters is 2. The number of fused-ring (bicyclic) bond motifs is 1. The SMILES string of the molecule is COC(=O)C1=C(C)N(Cn2c(C)nc3ccccc32)C(C)=C(C(=O)OC)C1c1ccccc1Cl. The molecule has 0 saturated heterocycles. The Morgan fingerprint density at radius 2 is 1.47 bits per heavy atom. The molecule has 2 heterocycles. The zero-order valence-corrected chi connectivity index (χ0v) is 20.5. The smallest absolute Gasteiger partial charge is 0.336 e. The lowest BCUT2D eigenvalue weighted by atomic mass is 9.79. The summed E-state index contributed by atoms with van der Waals surface area (Å²) in [6, 6.07) is 15.0. The number of halogens is 1. The molecule has 4 rings (SSSR count). The summed E-state index contributed by atoms with van der Waals surface area (Å²) in [4.78, 5) is 32.8. The predicted molar refractivity (Wildman–Crippen MR) is 130 cm³/mol. The van der Waals surface area contributed by atoms with Crippen LogP contribution in [0.3, 0.4) is 0 Å². The molecule has 0 N–H and O–H groups in total. The van der Waals surface area contributed by atoms with Crippen molar-refractivity contribution in [3.05, 3.63) is 87.5 Å². The molecular weight excluding hydrogens is 454 g/mol. The first-order valence-electron chi connectivity index (χ1n) is 10.8. The quantitative estimate of drug-likeness (QED) is 0.482. The first-order chi connectivity index (χ1) is 16.3. The van der Waals surface area contributed by atoms with Gasteiger partial charge in [0.2, 0.25) is 0 Å². The molecule has 0 amide bonds. The fraction of sp³-hybridized carbons (Fsp3) is 0.269. The van der Waals surface area contributed by atoms with Crippen LogP contribution in [0.15, 0.2) is 71.1 Å². The average Bonchev–Trinajstić information content (AvgIpc) is 3.15. The molecule has 0 atom stereocenters. The number of rotatable bonds is 5. The van der Waals surface area contributed by atoms with Crippen LogP contribution in [0.5, 0.6) is 0 Å². The Kier molecular flexibility index (Phi) is 6.48. The number of allylic oxidation sites excluding steroid dienone is 2. The van der Waals surface area contributed by atoms with E-state index in [2.05, 4.69) is 4.98 Å². The van der Waals surface area contributed by atoms with Crippen molar-refractivity contribution in [1.82, 2.24) is 14.5 Å². The van der Waals surface area contributed by atoms with Crippen LogP contribution in [0.1, 0.15) is 31.2 Å². The number of carbonyl (C=O) groups excluding carboxylic acids is 2. The van der Waals surface area contributed by atoms with Crippen LogP contribution < -0.4 is 0 Å². The summed E-state index contributed by atoms with van der Waals surface area (Å²) in [6.45, 7) is 5.97. The molecule has 1 aromatic heterocycles. The van der Waals surface area contributed by atoms with E-state index >= 15 is 0 Å². The summed E-state index contributed by atoms with van der Waals surface area (Å²) in [5.41, 5.74) is 4.46. The van der Waals surface area contributed by atoms with Gasteiger partial charge >= 0.3 is 11.9 Å². The van der Waals surface area contributed by atoms with Crippen LogP contribution in [0.2, 0.25) is 5.02 Å². The molecule has 1 aliphatic heterocycles. The molecule has 0 fully saturated rings. The van der Waals surface area contributed by atoms with Crippen LogP contribution in [0.25, 0.3) is 11.0 Å². The van der Waals surface area contributed by atoms with Gasteiger partial charge in [0, 0.05) is 16.4 Å². The van der Waals surface area contributed by atoms with Crippen molar-refractivity contribution >= 4 is 34.6 Å². The largest absolute Gasteiger partial charge is 0.466 e. The molecule has 0 radical (unpaired) electrons. The van der Waals surface area contributed by atoms with Crippen molar-refractivity contribution in [1.29, 1.82) is 0 Å². The van der Waals surface area contributed by atoms with Gasteiger partial charge in [0.05, 0.1) is 42.3 Å². The predicted octanol–water partition coefficient (Wildman–Crippen LogP) is 4.95. The van der Waals surface area contributed by atoms with E-state index in [1.54, 1.807) is 12.1 Å². The Morgan fingerprint density at radius 3 is 2.06 bits per heavy atom. The van der Waals surface area contributed by atoms with Gasteiger partial charge in [-0.05, 0) is 44.5 Å². The number of aryl methyl sites for hydroxylation is 1. The van der Waals surface area contributed by atoms with Crippen molar-refractivity contribution in [2.24, 2.45) is 0 Å². The summed E-state index contributed by atoms with van der Waals surface area (Å²) in [5.74, 6) is -0.984. The van der Waals surface area contributed by atoms with E-state index in [1.807, 2.05) is 66.6 Å². The maximum absolute atomic E-state index is 13.1. The Bertz CT molecular complexity index is 1320. The number of hydrogen-bond acceptors (Lipinski definition) is 6. The van der Waals surface area contributed by atoms with Gasteiger partial charge in [-0.25, -0.2) is 14.6 Å². The second-order valence-corrected chi connectivity index (χ2v) is 8.49. The Balaban J connectivity index is 1.95. The number of aromatic nitrogens is 2. The summed E-state index contributed by atoms with van der Waals surface area (Å²) >= 11 is 6.54. The molecule has 0 bridgehead atoms.